The molecule has 2 nitrogen and oxygen atoms in total. The number of anilines is 1. The maximum atomic E-state index is 8.71. The van der Waals surface area contributed by atoms with Gasteiger partial charge in [0.15, 0.2) is 0 Å². The molecule has 0 aliphatic carbocycles. The Hall–Kier alpha value is -2.53. The number of nitriles is 1. The van der Waals surface area contributed by atoms with Crippen LogP contribution in [0.3, 0.4) is 0 Å². The van der Waals surface area contributed by atoms with Crippen molar-refractivity contribution in [2.45, 2.75) is 6.54 Å². The topological polar surface area (TPSA) is 35.8 Å². The zero-order chi connectivity index (χ0) is 12.8. The van der Waals surface area contributed by atoms with Gasteiger partial charge in [0.2, 0.25) is 0 Å². The molecule has 0 heterocycles. The number of hydrogen-bond acceptors (Lipinski definition) is 2. The summed E-state index contributed by atoms with van der Waals surface area (Å²) in [7, 11) is 0. The molecule has 0 atom stereocenters. The van der Waals surface area contributed by atoms with Gasteiger partial charge in [-0.3, -0.25) is 0 Å². The predicted octanol–water partition coefficient (Wildman–Crippen LogP) is 3.81. The molecule has 0 unspecified atom stereocenters. The lowest BCUT2D eigenvalue weighted by Gasteiger charge is -2.06. The van der Waals surface area contributed by atoms with Crippen LogP contribution in [0.2, 0.25) is 0 Å². The Kier molecular flexibility index (Phi) is 3.78. The number of benzene rings is 2. The summed E-state index contributed by atoms with van der Waals surface area (Å²) in [6.45, 7) is 4.47. The van der Waals surface area contributed by atoms with Gasteiger partial charge < -0.3 is 5.32 Å². The van der Waals surface area contributed by atoms with E-state index in [4.69, 9.17) is 5.26 Å². The van der Waals surface area contributed by atoms with E-state index < -0.39 is 0 Å². The second-order valence-corrected chi connectivity index (χ2v) is 3.99. The summed E-state index contributed by atoms with van der Waals surface area (Å²) in [5.41, 5.74) is 4.03. The molecular weight excluding hydrogens is 220 g/mol. The van der Waals surface area contributed by atoms with Crippen molar-refractivity contribution in [1.29, 1.82) is 5.26 Å². The van der Waals surface area contributed by atoms with Gasteiger partial charge in [-0.15, -0.1) is 0 Å². The van der Waals surface area contributed by atoms with Crippen molar-refractivity contribution in [3.8, 4) is 6.07 Å². The standard InChI is InChI=1S/C16H14N2/c1-2-13-7-9-16(10-8-13)18-12-15-5-3-14(11-17)4-6-15/h2-10,18H,1,12H2. The second kappa shape index (κ2) is 5.70. The van der Waals surface area contributed by atoms with Crippen LogP contribution in [-0.2, 0) is 6.54 Å². The third-order valence-electron chi connectivity index (χ3n) is 2.73. The van der Waals surface area contributed by atoms with Crippen LogP contribution in [0.25, 0.3) is 6.08 Å². The molecular formula is C16H14N2. The largest absolute Gasteiger partial charge is 0.381 e. The van der Waals surface area contributed by atoms with E-state index in [9.17, 15) is 0 Å². The Morgan fingerprint density at radius 3 is 2.28 bits per heavy atom. The zero-order valence-corrected chi connectivity index (χ0v) is 10.1. The van der Waals surface area contributed by atoms with Gasteiger partial charge in [0.1, 0.15) is 0 Å². The van der Waals surface area contributed by atoms with E-state index >= 15 is 0 Å². The van der Waals surface area contributed by atoms with Crippen LogP contribution >= 0.6 is 0 Å². The highest BCUT2D eigenvalue weighted by Crippen LogP contribution is 2.12. The molecule has 1 N–H and O–H groups in total. The minimum atomic E-state index is 0.689. The molecule has 0 aliphatic heterocycles. The molecule has 88 valence electrons. The van der Waals surface area contributed by atoms with Gasteiger partial charge >= 0.3 is 0 Å². The summed E-state index contributed by atoms with van der Waals surface area (Å²) in [5.74, 6) is 0. The number of rotatable bonds is 4. The van der Waals surface area contributed by atoms with Gasteiger partial charge in [-0.25, -0.2) is 0 Å². The van der Waals surface area contributed by atoms with E-state index in [2.05, 4.69) is 18.0 Å². The minimum Gasteiger partial charge on any atom is -0.381 e. The average molecular weight is 234 g/mol. The highest BCUT2D eigenvalue weighted by Gasteiger charge is 1.95. The summed E-state index contributed by atoms with van der Waals surface area (Å²) in [6, 6.07) is 17.8. The Labute approximate surface area is 107 Å². The summed E-state index contributed by atoms with van der Waals surface area (Å²) in [5, 5.41) is 12.0. The van der Waals surface area contributed by atoms with E-state index in [1.54, 1.807) is 0 Å². The normalized spacial score (nSPS) is 9.50. The van der Waals surface area contributed by atoms with Crippen LogP contribution in [0.5, 0.6) is 0 Å². The summed E-state index contributed by atoms with van der Waals surface area (Å²) >= 11 is 0. The summed E-state index contributed by atoms with van der Waals surface area (Å²) in [4.78, 5) is 0. The highest BCUT2D eigenvalue weighted by molar-refractivity contribution is 5.53. The molecule has 0 fully saturated rings. The molecule has 0 spiro atoms. The molecule has 2 aromatic carbocycles. The number of nitrogens with one attached hydrogen (secondary N) is 1. The van der Waals surface area contributed by atoms with Gasteiger partial charge in [-0.2, -0.15) is 5.26 Å². The Bertz CT molecular complexity index is 560. The Morgan fingerprint density at radius 1 is 1.06 bits per heavy atom. The molecule has 18 heavy (non-hydrogen) atoms. The molecule has 2 heteroatoms. The third kappa shape index (κ3) is 2.99. The Morgan fingerprint density at radius 2 is 1.72 bits per heavy atom. The van der Waals surface area contributed by atoms with Gasteiger partial charge in [0.05, 0.1) is 11.6 Å². The molecule has 0 amide bonds. The lowest BCUT2D eigenvalue weighted by Crippen LogP contribution is -1.99. The summed E-state index contributed by atoms with van der Waals surface area (Å²) in [6.07, 6.45) is 1.82. The van der Waals surface area contributed by atoms with Gasteiger partial charge in [0.25, 0.3) is 0 Å². The van der Waals surface area contributed by atoms with Gasteiger partial charge in [-0.1, -0.05) is 36.9 Å². The first kappa shape index (κ1) is 11.9. The second-order valence-electron chi connectivity index (χ2n) is 3.99. The van der Waals surface area contributed by atoms with Crippen LogP contribution in [0.1, 0.15) is 16.7 Å². The summed E-state index contributed by atoms with van der Waals surface area (Å²) < 4.78 is 0. The smallest absolute Gasteiger partial charge is 0.0991 e. The number of hydrogen-bond donors (Lipinski definition) is 1. The molecule has 0 aliphatic rings. The Balaban J connectivity index is 1.97. The van der Waals surface area contributed by atoms with Crippen molar-refractivity contribution >= 4 is 11.8 Å². The fraction of sp³-hybridized carbons (Fsp3) is 0.0625. The van der Waals surface area contributed by atoms with E-state index in [1.165, 1.54) is 0 Å². The first-order valence-corrected chi connectivity index (χ1v) is 5.77. The molecule has 0 radical (unpaired) electrons. The van der Waals surface area contributed by atoms with Gasteiger partial charge in [-0.05, 0) is 35.4 Å². The maximum absolute atomic E-state index is 8.71. The molecule has 2 aromatic rings. The van der Waals surface area contributed by atoms with Crippen molar-refractivity contribution in [3.63, 3.8) is 0 Å². The van der Waals surface area contributed by atoms with Crippen LogP contribution in [0.15, 0.2) is 55.1 Å². The molecule has 0 bridgehead atoms. The van der Waals surface area contributed by atoms with Crippen LogP contribution < -0.4 is 5.32 Å². The van der Waals surface area contributed by atoms with Gasteiger partial charge in [0, 0.05) is 12.2 Å². The van der Waals surface area contributed by atoms with Crippen LogP contribution in [-0.4, -0.2) is 0 Å². The quantitative estimate of drug-likeness (QED) is 0.873. The lowest BCUT2D eigenvalue weighted by molar-refractivity contribution is 1.15. The molecule has 0 saturated carbocycles. The van der Waals surface area contributed by atoms with Crippen molar-refractivity contribution in [2.75, 3.05) is 5.32 Å². The lowest BCUT2D eigenvalue weighted by atomic mass is 10.1. The fourth-order valence-corrected chi connectivity index (χ4v) is 1.64. The van der Waals surface area contributed by atoms with Crippen LogP contribution in [0.4, 0.5) is 5.69 Å². The van der Waals surface area contributed by atoms with E-state index in [0.717, 1.165) is 23.4 Å². The first-order chi connectivity index (χ1) is 8.81. The number of nitrogens with zero attached hydrogens (tertiary/aromatic N) is 1. The van der Waals surface area contributed by atoms with E-state index in [1.807, 2.05) is 54.6 Å². The molecule has 0 aromatic heterocycles. The minimum absolute atomic E-state index is 0.689. The SMILES string of the molecule is C=Cc1ccc(NCc2ccc(C#N)cc2)cc1. The predicted molar refractivity (Wildman–Crippen MR) is 75.0 cm³/mol. The van der Waals surface area contributed by atoms with Crippen molar-refractivity contribution in [2.24, 2.45) is 0 Å². The molecule has 0 saturated heterocycles. The van der Waals surface area contributed by atoms with Crippen molar-refractivity contribution < 1.29 is 0 Å². The highest BCUT2D eigenvalue weighted by atomic mass is 14.9. The molecule has 2 rings (SSSR count). The van der Waals surface area contributed by atoms with Crippen molar-refractivity contribution in [1.82, 2.24) is 0 Å². The monoisotopic (exact) mass is 234 g/mol. The average Bonchev–Trinajstić information content (AvgIpc) is 2.46. The van der Waals surface area contributed by atoms with Crippen LogP contribution in [0, 0.1) is 11.3 Å². The van der Waals surface area contributed by atoms with E-state index in [0.29, 0.717) is 5.56 Å². The fourth-order valence-electron chi connectivity index (χ4n) is 1.64. The van der Waals surface area contributed by atoms with E-state index in [-0.39, 0.29) is 0 Å². The maximum Gasteiger partial charge on any atom is 0.0991 e. The van der Waals surface area contributed by atoms with Crippen molar-refractivity contribution in [3.05, 3.63) is 71.8 Å². The zero-order valence-electron chi connectivity index (χ0n) is 10.1. The first-order valence-electron chi connectivity index (χ1n) is 5.77. The third-order valence-corrected chi connectivity index (χ3v) is 2.73.